The van der Waals surface area contributed by atoms with Gasteiger partial charge in [0, 0.05) is 30.3 Å². The molecule has 2 aliphatic heterocycles. The van der Waals surface area contributed by atoms with E-state index in [1.54, 1.807) is 6.20 Å². The van der Waals surface area contributed by atoms with Crippen molar-refractivity contribution in [2.45, 2.75) is 94.2 Å². The molecule has 260 valence electrons. The fraction of sp³-hybridized carbons (Fsp3) is 0.529. The van der Waals surface area contributed by atoms with E-state index in [-0.39, 0.29) is 37.2 Å². The van der Waals surface area contributed by atoms with E-state index >= 15 is 0 Å². The Balaban J connectivity index is 1.21. The first-order valence-electron chi connectivity index (χ1n) is 16.9. The third-order valence-corrected chi connectivity index (χ3v) is 11.8. The summed E-state index contributed by atoms with van der Waals surface area (Å²) >= 11 is 0. The van der Waals surface area contributed by atoms with Crippen molar-refractivity contribution in [1.82, 2.24) is 30.1 Å². The van der Waals surface area contributed by atoms with Crippen LogP contribution in [0.3, 0.4) is 0 Å². The molecule has 3 fully saturated rings. The quantitative estimate of drug-likeness (QED) is 0.310. The van der Waals surface area contributed by atoms with E-state index in [1.807, 2.05) is 26.0 Å². The van der Waals surface area contributed by atoms with E-state index in [0.717, 1.165) is 35.6 Å². The maximum Gasteiger partial charge on any atom is 0.316 e. The largest absolute Gasteiger partial charge is 0.472 e. The third kappa shape index (κ3) is 6.59. The summed E-state index contributed by atoms with van der Waals surface area (Å²) in [5.41, 5.74) is -0.377. The summed E-state index contributed by atoms with van der Waals surface area (Å²) in [7, 11) is -3.86. The Labute approximate surface area is 284 Å². The van der Waals surface area contributed by atoms with E-state index in [2.05, 4.69) is 49.2 Å². The lowest BCUT2D eigenvalue weighted by atomic mass is 10.0. The van der Waals surface area contributed by atoms with Gasteiger partial charge in [0.2, 0.25) is 33.6 Å². The fourth-order valence-electron chi connectivity index (χ4n) is 6.83. The molecule has 0 radical (unpaired) electrons. The lowest BCUT2D eigenvalue weighted by Gasteiger charge is -2.30. The molecule has 1 aromatic carbocycles. The van der Waals surface area contributed by atoms with Gasteiger partial charge in [-0.15, -0.1) is 11.7 Å². The first-order valence-corrected chi connectivity index (χ1v) is 18.5. The van der Waals surface area contributed by atoms with Crippen LogP contribution in [0.25, 0.3) is 10.8 Å². The zero-order chi connectivity index (χ0) is 34.5. The van der Waals surface area contributed by atoms with Gasteiger partial charge in [0.25, 0.3) is 5.91 Å². The highest BCUT2D eigenvalue weighted by molar-refractivity contribution is 7.91. The number of pyridine rings is 1. The maximum atomic E-state index is 14.4. The predicted molar refractivity (Wildman–Crippen MR) is 179 cm³/mol. The van der Waals surface area contributed by atoms with Crippen LogP contribution in [0.5, 0.6) is 5.88 Å². The van der Waals surface area contributed by atoms with Gasteiger partial charge in [0.1, 0.15) is 23.7 Å². The third-order valence-electron chi connectivity index (χ3n) is 9.95. The van der Waals surface area contributed by atoms with Gasteiger partial charge in [0.15, 0.2) is 0 Å². The number of fused-ring (bicyclic) bond motifs is 5. The van der Waals surface area contributed by atoms with Crippen molar-refractivity contribution in [3.8, 4) is 5.88 Å². The molecule has 6 bridgehead atoms. The second kappa shape index (κ2) is 12.7. The molecule has 4 aliphatic rings. The average Bonchev–Trinajstić information content (AvgIpc) is 3.96. The highest BCUT2D eigenvalue weighted by Gasteiger charge is 2.62. The van der Waals surface area contributed by atoms with Crippen LogP contribution < -0.4 is 20.1 Å². The standard InChI is InChI=1S/C34H41N7O7S/c1-4-22-17-34(22,32(44)40-49(45,46)24-11-12-24)37-29(42)26-16-23-18-41(26)31(43)28(19(2)3)36-33-39-38-27(48-33)8-6-5-7-20-9-10-21-13-14-35-30(47-23)25(21)15-20/h4,9-10,13-15,19,22-24,26,28H,1,5-8,11-12,16-18H2,2-3H3,(H,36,39)(H,37,42)(H,40,44)/t22-,23-,26+,28+,34-/m1/s1. The van der Waals surface area contributed by atoms with Gasteiger partial charge < -0.3 is 24.7 Å². The van der Waals surface area contributed by atoms with Crippen LogP contribution in [0.15, 0.2) is 47.5 Å². The lowest BCUT2D eigenvalue weighted by molar-refractivity contribution is -0.140. The molecule has 0 spiro atoms. The monoisotopic (exact) mass is 691 g/mol. The Bertz CT molecular complexity index is 1910. The van der Waals surface area contributed by atoms with Crippen LogP contribution in [-0.2, 0) is 37.2 Å². The molecule has 15 heteroatoms. The van der Waals surface area contributed by atoms with Crippen LogP contribution in [-0.4, -0.2) is 81.7 Å². The van der Waals surface area contributed by atoms with Gasteiger partial charge >= 0.3 is 6.01 Å². The molecule has 3 amide bonds. The number of sulfonamides is 1. The minimum absolute atomic E-state index is 0.0643. The topological polar surface area (TPSA) is 186 Å². The summed E-state index contributed by atoms with van der Waals surface area (Å²) in [4.78, 5) is 48.0. The molecule has 2 saturated carbocycles. The summed E-state index contributed by atoms with van der Waals surface area (Å²) < 4.78 is 39.8. The molecule has 3 N–H and O–H groups in total. The minimum atomic E-state index is -3.86. The number of amides is 3. The fourth-order valence-corrected chi connectivity index (χ4v) is 8.20. The molecule has 4 heterocycles. The maximum absolute atomic E-state index is 14.4. The zero-order valence-electron chi connectivity index (χ0n) is 27.6. The van der Waals surface area contributed by atoms with Crippen LogP contribution in [0.4, 0.5) is 6.01 Å². The van der Waals surface area contributed by atoms with Crippen molar-refractivity contribution < 1.29 is 32.0 Å². The van der Waals surface area contributed by atoms with E-state index in [1.165, 1.54) is 11.0 Å². The number of nitrogens with one attached hydrogen (secondary N) is 3. The molecule has 49 heavy (non-hydrogen) atoms. The van der Waals surface area contributed by atoms with Crippen molar-refractivity contribution >= 4 is 44.5 Å². The summed E-state index contributed by atoms with van der Waals surface area (Å²) in [5, 5.41) is 15.4. The van der Waals surface area contributed by atoms with Gasteiger partial charge in [-0.05, 0) is 67.5 Å². The molecule has 2 aliphatic carbocycles. The summed E-state index contributed by atoms with van der Waals surface area (Å²) in [6.07, 6.45) is 6.98. The molecule has 5 atom stereocenters. The lowest BCUT2D eigenvalue weighted by Crippen LogP contribution is -2.58. The normalized spacial score (nSPS) is 27.2. The number of carbonyl (C=O) groups is 3. The Hall–Kier alpha value is -4.53. The first-order chi connectivity index (χ1) is 23.5. The van der Waals surface area contributed by atoms with Crippen LogP contribution in [0, 0.1) is 11.8 Å². The van der Waals surface area contributed by atoms with Crippen molar-refractivity contribution in [2.75, 3.05) is 11.9 Å². The molecule has 1 saturated heterocycles. The number of benzene rings is 1. The predicted octanol–water partition coefficient (Wildman–Crippen LogP) is 2.65. The summed E-state index contributed by atoms with van der Waals surface area (Å²) in [5.74, 6) is -1.63. The van der Waals surface area contributed by atoms with Crippen molar-refractivity contribution in [2.24, 2.45) is 11.8 Å². The Morgan fingerprint density at radius 1 is 1.16 bits per heavy atom. The second-order valence-corrected chi connectivity index (χ2v) is 15.9. The summed E-state index contributed by atoms with van der Waals surface area (Å²) in [6.45, 7) is 7.58. The first kappa shape index (κ1) is 33.0. The number of hydrogen-bond donors (Lipinski definition) is 3. The molecular formula is C34H41N7O7S. The number of anilines is 1. The van der Waals surface area contributed by atoms with E-state index < -0.39 is 56.7 Å². The molecule has 2 aromatic heterocycles. The Morgan fingerprint density at radius 2 is 1.96 bits per heavy atom. The Morgan fingerprint density at radius 3 is 2.69 bits per heavy atom. The van der Waals surface area contributed by atoms with Gasteiger partial charge in [0.05, 0.1) is 11.8 Å². The zero-order valence-corrected chi connectivity index (χ0v) is 28.4. The molecule has 3 aromatic rings. The molecule has 14 nitrogen and oxygen atoms in total. The number of carbonyl (C=O) groups excluding carboxylic acids is 3. The summed E-state index contributed by atoms with van der Waals surface area (Å²) in [6, 6.07) is 6.32. The number of hydrogen-bond acceptors (Lipinski definition) is 11. The van der Waals surface area contributed by atoms with Crippen molar-refractivity contribution in [3.63, 3.8) is 0 Å². The van der Waals surface area contributed by atoms with Gasteiger partial charge in [-0.2, -0.15) is 0 Å². The van der Waals surface area contributed by atoms with E-state index in [9.17, 15) is 22.8 Å². The second-order valence-electron chi connectivity index (χ2n) is 13.9. The van der Waals surface area contributed by atoms with Crippen molar-refractivity contribution in [1.29, 1.82) is 0 Å². The number of aromatic nitrogens is 3. The molecule has 0 unspecified atom stereocenters. The van der Waals surface area contributed by atoms with Crippen LogP contribution in [0.2, 0.25) is 0 Å². The van der Waals surface area contributed by atoms with Gasteiger partial charge in [-0.1, -0.05) is 37.2 Å². The number of rotatable bonds is 7. The Kier molecular flexibility index (Phi) is 8.57. The van der Waals surface area contributed by atoms with Gasteiger partial charge in [-0.25, -0.2) is 13.4 Å². The van der Waals surface area contributed by atoms with E-state index in [4.69, 9.17) is 9.15 Å². The van der Waals surface area contributed by atoms with Gasteiger partial charge in [-0.3, -0.25) is 19.1 Å². The average molecular weight is 692 g/mol. The highest BCUT2D eigenvalue weighted by Crippen LogP contribution is 2.45. The smallest absolute Gasteiger partial charge is 0.316 e. The molecule has 7 rings (SSSR count). The van der Waals surface area contributed by atoms with Crippen LogP contribution in [0.1, 0.15) is 63.8 Å². The highest BCUT2D eigenvalue weighted by atomic mass is 32.2. The minimum Gasteiger partial charge on any atom is -0.472 e. The number of ether oxygens (including phenoxy) is 1. The number of aryl methyl sites for hydroxylation is 2. The number of nitrogens with zero attached hydrogens (tertiary/aromatic N) is 4. The van der Waals surface area contributed by atoms with Crippen molar-refractivity contribution in [3.05, 3.63) is 54.6 Å². The van der Waals surface area contributed by atoms with E-state index in [0.29, 0.717) is 31.0 Å². The SMILES string of the molecule is C=C[C@@H]1C[C@]1(NC(=O)[C@@H]1C[C@@H]2CN1C(=O)[C@H](C(C)C)Nc1nnc(o1)CCCCc1ccc3ccnc(c3c1)O2)C(=O)NS(=O)(=O)C1CC1. The van der Waals surface area contributed by atoms with Crippen LogP contribution >= 0.6 is 0 Å². The molecular weight excluding hydrogens is 650 g/mol.